The fourth-order valence-electron chi connectivity index (χ4n) is 10.1. The summed E-state index contributed by atoms with van der Waals surface area (Å²) in [6, 6.07) is 27.2. The molecule has 4 aromatic heterocycles. The van der Waals surface area contributed by atoms with E-state index in [2.05, 4.69) is 29.8 Å². The van der Waals surface area contributed by atoms with Crippen molar-refractivity contribution in [1.29, 1.82) is 0 Å². The molecule has 486 valence electrons. The number of anilines is 2. The number of nitrogen functional groups attached to an aromatic ring is 1. The first-order chi connectivity index (χ1) is 42.2. The van der Waals surface area contributed by atoms with E-state index < -0.39 is 88.2 Å². The number of benzene rings is 3. The minimum atomic E-state index is -4.25. The van der Waals surface area contributed by atoms with Crippen LogP contribution >= 0.6 is 44.2 Å². The maximum absolute atomic E-state index is 16.8. The molecule has 4 N–H and O–H groups in total. The van der Waals surface area contributed by atoms with Crippen molar-refractivity contribution in [1.82, 2.24) is 39.0 Å². The van der Waals surface area contributed by atoms with Crippen molar-refractivity contribution < 1.29 is 91.7 Å². The number of alkyl halides is 4. The van der Waals surface area contributed by atoms with E-state index in [4.69, 9.17) is 94.1 Å². The number of nitrogens with two attached hydrogens (primary N) is 1. The van der Waals surface area contributed by atoms with Crippen LogP contribution in [0, 0.1) is 0 Å². The number of phosphoric ester groups is 2. The lowest BCUT2D eigenvalue weighted by Gasteiger charge is -2.37. The normalized spacial score (nSPS) is 28.0. The van der Waals surface area contributed by atoms with Gasteiger partial charge in [-0.15, -0.1) is 0 Å². The number of ether oxygens (including phenoxy) is 5. The van der Waals surface area contributed by atoms with Crippen LogP contribution in [0.15, 0.2) is 97.6 Å². The topological polar surface area (TPSA) is 307 Å². The molecule has 3 aromatic carbocycles. The lowest BCUT2D eigenvalue weighted by Crippen LogP contribution is -2.51. The Bertz CT molecular complexity index is 3650. The molecule has 4 aliphatic rings. The monoisotopic (exact) mass is 1350 g/mol. The largest absolute Gasteiger partial charge is 0.497 e. The van der Waals surface area contributed by atoms with Crippen LogP contribution in [0.3, 0.4) is 0 Å². The van der Waals surface area contributed by atoms with Crippen molar-refractivity contribution >= 4 is 78.4 Å². The first-order valence-electron chi connectivity index (χ1n) is 27.7. The summed E-state index contributed by atoms with van der Waals surface area (Å²) in [4.78, 5) is 26.1. The summed E-state index contributed by atoms with van der Waals surface area (Å²) in [6.45, 7) is 11.4. The second kappa shape index (κ2) is 28.1. The Morgan fingerprint density at radius 2 is 1.10 bits per heavy atom. The molecule has 26 nitrogen and oxygen atoms in total. The number of nitrogens with one attached hydrogen (secondary N) is 1. The zero-order valence-corrected chi connectivity index (χ0v) is 53.7. The minimum absolute atomic E-state index is 0.0286. The number of halogens is 6. The van der Waals surface area contributed by atoms with Crippen LogP contribution in [0.1, 0.15) is 84.5 Å². The fraction of sp³-hybridized carbons (Fsp3) is 0.481. The second-order valence-electron chi connectivity index (χ2n) is 19.8. The number of aromatic nitrogens is 8. The zero-order valence-electron chi connectivity index (χ0n) is 49.5. The molecule has 10 atom stereocenters. The van der Waals surface area contributed by atoms with Gasteiger partial charge in [-0.05, 0) is 107 Å². The average molecular weight is 1350 g/mol. The van der Waals surface area contributed by atoms with Crippen molar-refractivity contribution in [3.63, 3.8) is 0 Å². The summed E-state index contributed by atoms with van der Waals surface area (Å²) in [7, 11) is -6.78. The average Bonchev–Trinajstić information content (AvgIpc) is 1.60. The van der Waals surface area contributed by atoms with Gasteiger partial charge in [-0.3, -0.25) is 40.8 Å². The van der Waals surface area contributed by atoms with E-state index in [0.717, 1.165) is 35.1 Å². The van der Waals surface area contributed by atoms with Crippen LogP contribution in [0.25, 0.3) is 22.3 Å². The smallest absolute Gasteiger partial charge is 0.475 e. The van der Waals surface area contributed by atoms with Crippen LogP contribution in [-0.4, -0.2) is 139 Å². The number of hydrogen-bond acceptors (Lipinski definition) is 24. The molecule has 35 heteroatoms. The van der Waals surface area contributed by atoms with Gasteiger partial charge in [0, 0.05) is 6.61 Å². The molecule has 0 radical (unpaired) electrons. The predicted molar refractivity (Wildman–Crippen MR) is 318 cm³/mol. The quantitative estimate of drug-likeness (QED) is 0.0408. The lowest BCUT2D eigenvalue weighted by molar-refractivity contribution is -0.219. The van der Waals surface area contributed by atoms with E-state index in [1.807, 2.05) is 84.9 Å². The van der Waals surface area contributed by atoms with Gasteiger partial charge >= 0.3 is 21.7 Å². The highest BCUT2D eigenvalue weighted by Crippen LogP contribution is 2.65. The maximum atomic E-state index is 16.8. The van der Waals surface area contributed by atoms with Crippen LogP contribution in [0.4, 0.5) is 29.5 Å². The van der Waals surface area contributed by atoms with Crippen LogP contribution < -0.4 is 25.3 Å². The van der Waals surface area contributed by atoms with Crippen LogP contribution in [0.2, 0.25) is 0 Å². The Morgan fingerprint density at radius 1 is 0.674 bits per heavy atom. The second-order valence-corrected chi connectivity index (χ2v) is 27.3. The highest BCUT2D eigenvalue weighted by molar-refractivity contribution is 8.05. The summed E-state index contributed by atoms with van der Waals surface area (Å²) in [5, 5.41) is 11.2. The third-order valence-electron chi connectivity index (χ3n) is 13.7. The Hall–Kier alpha value is -5.65. The predicted octanol–water partition coefficient (Wildman–Crippen LogP) is 12.0. The molecule has 2 unspecified atom stereocenters. The summed E-state index contributed by atoms with van der Waals surface area (Å²) in [6.07, 6.45) is -7.84. The fourth-order valence-corrected chi connectivity index (χ4v) is 13.9. The van der Waals surface area contributed by atoms with Gasteiger partial charge in [0.15, 0.2) is 58.3 Å². The van der Waals surface area contributed by atoms with E-state index in [1.54, 1.807) is 48.7 Å². The molecule has 4 fully saturated rings. The van der Waals surface area contributed by atoms with Crippen molar-refractivity contribution in [2.45, 2.75) is 109 Å². The number of fused-ring (bicyclic) bond motifs is 4. The highest BCUT2D eigenvalue weighted by Gasteiger charge is 2.72. The van der Waals surface area contributed by atoms with Gasteiger partial charge in [0.25, 0.3) is 11.7 Å². The van der Waals surface area contributed by atoms with Crippen molar-refractivity contribution in [2.75, 3.05) is 71.0 Å². The molecule has 0 bridgehead atoms. The van der Waals surface area contributed by atoms with E-state index in [9.17, 15) is 13.7 Å². The number of aliphatic hydroxyl groups is 1. The SMILES string of the molecule is CCO.CCOP(=O)(Cl)Cl.CCOc1nc(N)nc2c1ncn2[C@@H]1O[C@]2(F)COP(=O)(OCC)O[C@H]2[C@@]1(C)F.CCOc1nc(NC(c2ccccc2)(c2ccccc2)c2ccc(OC)cc2)nc2c1ncn2[C@@H]1O[C@]2(F)COP(=O)(OCC)O[C@H]2[C@@]1(C)F. The molecule has 0 spiro atoms. The van der Waals surface area contributed by atoms with Gasteiger partial charge in [0.2, 0.25) is 23.7 Å². The molecule has 4 saturated heterocycles. The van der Waals surface area contributed by atoms with Gasteiger partial charge in [0.05, 0.1) is 52.8 Å². The number of hydrogen-bond donors (Lipinski definition) is 3. The minimum Gasteiger partial charge on any atom is -0.497 e. The van der Waals surface area contributed by atoms with Gasteiger partial charge in [-0.1, -0.05) is 72.8 Å². The molecule has 0 aliphatic carbocycles. The van der Waals surface area contributed by atoms with Crippen molar-refractivity contribution in [3.05, 3.63) is 114 Å². The lowest BCUT2D eigenvalue weighted by atomic mass is 9.77. The van der Waals surface area contributed by atoms with Crippen molar-refractivity contribution in [3.8, 4) is 17.5 Å². The number of rotatable bonds is 18. The first kappa shape index (κ1) is 69.2. The molecule has 7 aromatic rings. The Morgan fingerprint density at radius 3 is 1.49 bits per heavy atom. The molecule has 11 rings (SSSR count). The zero-order chi connectivity index (χ0) is 64.8. The Kier molecular flexibility index (Phi) is 21.8. The molecular formula is C54H67Cl2F4N10O16P3. The number of aliphatic hydroxyl groups excluding tert-OH is 1. The molecule has 0 amide bonds. The molecule has 4 aliphatic heterocycles. The molecule has 0 saturated carbocycles. The number of phosphoric acid groups is 2. The van der Waals surface area contributed by atoms with E-state index in [1.165, 1.54) is 17.2 Å². The third kappa shape index (κ3) is 14.5. The van der Waals surface area contributed by atoms with E-state index in [-0.39, 0.29) is 85.6 Å². The van der Waals surface area contributed by atoms with Gasteiger partial charge in [-0.2, -0.15) is 19.9 Å². The molecular weight excluding hydrogens is 1280 g/mol. The van der Waals surface area contributed by atoms with Gasteiger partial charge in [0.1, 0.15) is 24.5 Å². The van der Waals surface area contributed by atoms with Gasteiger partial charge in [-0.25, -0.2) is 36.7 Å². The number of nitrogens with zero attached hydrogens (tertiary/aromatic N) is 8. The maximum Gasteiger partial charge on any atom is 0.475 e. The summed E-state index contributed by atoms with van der Waals surface area (Å²) < 4.78 is 165. The standard InChI is InChI=1S/C35H36F2N5O7P.C15H20F2N5O6P.C2H5Cl2O2P.C2H6O/c1-5-45-29-27-28(42(22-38-27)31-33(3,36)30-34(37,48-31)21-47-50(43,49-30)46-6-2)39-32(40-29)41-35(23-13-9-7-10-14-23,24-15-11-8-12-16-24)25-17-19-26(44-4)20-18-25;1-4-24-10-8-9(20-13(18)21-10)22(7-19-8)12-14(3,16)11-15(17,27-12)6-26-29(23,28-11)25-5-2;1-2-6-7(3,4)5;1-2-3/h7-20,22,30-31H,5-6,21H2,1-4H3,(H,39,40,41);7,11-12H,4-6H2,1-3H3,(H2,18,20,21);2H2,1H3;3H,2H2,1H3/t30-,31+,33+,34+,50?;11-,12+,14+,15+,29?;;/m00../s1. The van der Waals surface area contributed by atoms with Crippen LogP contribution in [0.5, 0.6) is 17.5 Å². The first-order valence-corrected chi connectivity index (χ1v) is 34.1. The van der Waals surface area contributed by atoms with Gasteiger partial charge < -0.3 is 44.4 Å². The number of imidazole rings is 2. The summed E-state index contributed by atoms with van der Waals surface area (Å²) in [5.41, 5.74) is 2.65. The third-order valence-corrected chi connectivity index (χ3v) is 17.8. The van der Waals surface area contributed by atoms with Crippen molar-refractivity contribution in [2.24, 2.45) is 0 Å². The van der Waals surface area contributed by atoms with E-state index >= 15 is 17.6 Å². The van der Waals surface area contributed by atoms with Crippen LogP contribution in [-0.2, 0) is 60.4 Å². The summed E-state index contributed by atoms with van der Waals surface area (Å²) in [5.74, 6) is -4.68. The Labute approximate surface area is 518 Å². The Balaban J connectivity index is 0.000000220. The molecule has 8 heterocycles. The molecule has 89 heavy (non-hydrogen) atoms. The highest BCUT2D eigenvalue weighted by atomic mass is 35.9. The summed E-state index contributed by atoms with van der Waals surface area (Å²) >= 11 is 9.86. The van der Waals surface area contributed by atoms with E-state index in [0.29, 0.717) is 5.75 Å². The number of methoxy groups -OCH3 is 1.